The quantitative estimate of drug-likeness (QED) is 0.199. The predicted octanol–water partition coefficient (Wildman–Crippen LogP) is 12.6. The minimum Gasteiger partial charge on any atom is -0.456 e. The van der Waals surface area contributed by atoms with Crippen molar-refractivity contribution in [2.45, 2.75) is 0 Å². The van der Waals surface area contributed by atoms with Crippen molar-refractivity contribution in [3.63, 3.8) is 0 Å². The first-order valence-electron chi connectivity index (χ1n) is 15.7. The van der Waals surface area contributed by atoms with Crippen molar-refractivity contribution < 1.29 is 4.74 Å². The summed E-state index contributed by atoms with van der Waals surface area (Å²) in [6.45, 7) is 0. The predicted molar refractivity (Wildman–Crippen MR) is 193 cm³/mol. The lowest BCUT2D eigenvalue weighted by atomic mass is 9.90. The van der Waals surface area contributed by atoms with Crippen LogP contribution in [0.25, 0.3) is 54.9 Å². The highest BCUT2D eigenvalue weighted by atomic mass is 16.5. The average molecular weight is 588 g/mol. The Morgan fingerprint density at radius 1 is 0.348 bits per heavy atom. The summed E-state index contributed by atoms with van der Waals surface area (Å²) in [6.07, 6.45) is 0. The van der Waals surface area contributed by atoms with E-state index >= 15 is 0 Å². The van der Waals surface area contributed by atoms with Crippen LogP contribution >= 0.6 is 0 Å². The Balaban J connectivity index is 1.19. The van der Waals surface area contributed by atoms with Gasteiger partial charge in [-0.05, 0) is 92.5 Å². The number of benzene rings is 8. The number of fused-ring (bicyclic) bond motifs is 3. The Hall–Kier alpha value is -6.12. The molecule has 0 aliphatic carbocycles. The largest absolute Gasteiger partial charge is 0.456 e. The summed E-state index contributed by atoms with van der Waals surface area (Å²) in [5.41, 5.74) is 10.4. The molecule has 46 heavy (non-hydrogen) atoms. The van der Waals surface area contributed by atoms with E-state index in [4.69, 9.17) is 4.74 Å². The molecule has 0 saturated heterocycles. The number of hydrogen-bond donors (Lipinski definition) is 0. The molecule has 0 amide bonds. The number of nitrogens with zero attached hydrogens (tertiary/aromatic N) is 1. The first-order chi connectivity index (χ1) is 22.8. The van der Waals surface area contributed by atoms with Crippen LogP contribution in [0.3, 0.4) is 0 Å². The van der Waals surface area contributed by atoms with Crippen molar-refractivity contribution in [3.8, 4) is 44.9 Å². The van der Waals surface area contributed by atoms with E-state index in [0.29, 0.717) is 0 Å². The molecule has 216 valence electrons. The van der Waals surface area contributed by atoms with Gasteiger partial charge in [0, 0.05) is 28.0 Å². The molecule has 8 aromatic rings. The molecule has 0 aromatic heterocycles. The van der Waals surface area contributed by atoms with Crippen molar-refractivity contribution in [3.05, 3.63) is 176 Å². The van der Waals surface area contributed by atoms with Gasteiger partial charge in [0.25, 0.3) is 0 Å². The van der Waals surface area contributed by atoms with Gasteiger partial charge < -0.3 is 9.64 Å². The highest BCUT2D eigenvalue weighted by molar-refractivity contribution is 6.10. The summed E-state index contributed by atoms with van der Waals surface area (Å²) in [6, 6.07) is 62.7. The van der Waals surface area contributed by atoms with E-state index in [1.54, 1.807) is 0 Å². The minimum atomic E-state index is 0.903. The molecule has 0 spiro atoms. The molecule has 0 fully saturated rings. The van der Waals surface area contributed by atoms with Crippen LogP contribution in [0.1, 0.15) is 0 Å². The number of ether oxygens (including phenoxy) is 1. The van der Waals surface area contributed by atoms with E-state index in [2.05, 4.69) is 169 Å². The third-order valence-corrected chi connectivity index (χ3v) is 9.03. The lowest BCUT2D eigenvalue weighted by Gasteiger charge is -2.27. The van der Waals surface area contributed by atoms with Gasteiger partial charge in [-0.15, -0.1) is 0 Å². The number of anilines is 3. The summed E-state index contributed by atoms with van der Waals surface area (Å²) in [7, 11) is 0. The number of hydrogen-bond acceptors (Lipinski definition) is 2. The molecule has 1 aliphatic heterocycles. The number of para-hydroxylation sites is 2. The zero-order valence-corrected chi connectivity index (χ0v) is 25.1. The molecule has 0 atom stereocenters. The topological polar surface area (TPSA) is 12.5 Å². The fourth-order valence-electron chi connectivity index (χ4n) is 6.96. The van der Waals surface area contributed by atoms with Crippen LogP contribution in [-0.2, 0) is 0 Å². The fourth-order valence-corrected chi connectivity index (χ4v) is 6.96. The Labute approximate surface area is 268 Å². The van der Waals surface area contributed by atoms with E-state index in [0.717, 1.165) is 45.1 Å². The average Bonchev–Trinajstić information content (AvgIpc) is 3.12. The van der Waals surface area contributed by atoms with E-state index in [1.807, 2.05) is 12.1 Å². The Bertz CT molecular complexity index is 2400. The minimum absolute atomic E-state index is 0.903. The van der Waals surface area contributed by atoms with E-state index in [-0.39, 0.29) is 0 Å². The second-order valence-electron chi connectivity index (χ2n) is 11.7. The lowest BCUT2D eigenvalue weighted by Crippen LogP contribution is -2.10. The third kappa shape index (κ3) is 4.35. The van der Waals surface area contributed by atoms with Gasteiger partial charge in [-0.2, -0.15) is 0 Å². The van der Waals surface area contributed by atoms with Crippen LogP contribution in [0.2, 0.25) is 0 Å². The molecule has 0 bridgehead atoms. The summed E-state index contributed by atoms with van der Waals surface area (Å²) in [5, 5.41) is 4.84. The lowest BCUT2D eigenvalue weighted by molar-refractivity contribution is 0.487. The van der Waals surface area contributed by atoms with Crippen molar-refractivity contribution in [2.75, 3.05) is 4.90 Å². The SMILES string of the molecule is c1ccc(N(c2cccc(-c3cccc4ccccc34)c2)c2cccc(-c3ccc4c5c(cccc35)-c3ccccc3O4)c2)cc1. The molecular weight excluding hydrogens is 558 g/mol. The Morgan fingerprint density at radius 3 is 1.74 bits per heavy atom. The fraction of sp³-hybridized carbons (Fsp3) is 0. The summed E-state index contributed by atoms with van der Waals surface area (Å²) >= 11 is 0. The van der Waals surface area contributed by atoms with Crippen LogP contribution in [0.5, 0.6) is 11.5 Å². The van der Waals surface area contributed by atoms with Crippen molar-refractivity contribution in [2.24, 2.45) is 0 Å². The molecule has 8 aromatic carbocycles. The van der Waals surface area contributed by atoms with Gasteiger partial charge in [0.2, 0.25) is 0 Å². The second-order valence-corrected chi connectivity index (χ2v) is 11.7. The van der Waals surface area contributed by atoms with Crippen LogP contribution in [-0.4, -0.2) is 0 Å². The van der Waals surface area contributed by atoms with Gasteiger partial charge in [-0.1, -0.05) is 127 Å². The second kappa shape index (κ2) is 10.8. The maximum absolute atomic E-state index is 6.38. The van der Waals surface area contributed by atoms with Crippen molar-refractivity contribution in [1.29, 1.82) is 0 Å². The maximum atomic E-state index is 6.38. The molecular formula is C44H29NO. The molecule has 9 rings (SSSR count). The van der Waals surface area contributed by atoms with E-state index in [9.17, 15) is 0 Å². The van der Waals surface area contributed by atoms with Crippen molar-refractivity contribution in [1.82, 2.24) is 0 Å². The molecule has 0 saturated carbocycles. The van der Waals surface area contributed by atoms with Crippen LogP contribution in [0, 0.1) is 0 Å². The van der Waals surface area contributed by atoms with Crippen LogP contribution in [0.4, 0.5) is 17.1 Å². The molecule has 2 nitrogen and oxygen atoms in total. The van der Waals surface area contributed by atoms with E-state index in [1.165, 1.54) is 38.4 Å². The zero-order chi connectivity index (χ0) is 30.5. The highest BCUT2D eigenvalue weighted by Crippen LogP contribution is 2.49. The molecule has 0 N–H and O–H groups in total. The van der Waals surface area contributed by atoms with Gasteiger partial charge in [0.05, 0.1) is 0 Å². The monoisotopic (exact) mass is 587 g/mol. The van der Waals surface area contributed by atoms with Crippen LogP contribution in [0.15, 0.2) is 176 Å². The van der Waals surface area contributed by atoms with Gasteiger partial charge >= 0.3 is 0 Å². The molecule has 1 aliphatic rings. The summed E-state index contributed by atoms with van der Waals surface area (Å²) < 4.78 is 6.38. The maximum Gasteiger partial charge on any atom is 0.135 e. The van der Waals surface area contributed by atoms with Gasteiger partial charge in [-0.3, -0.25) is 0 Å². The van der Waals surface area contributed by atoms with Crippen LogP contribution < -0.4 is 9.64 Å². The van der Waals surface area contributed by atoms with Gasteiger partial charge in [-0.25, -0.2) is 0 Å². The zero-order valence-electron chi connectivity index (χ0n) is 25.1. The van der Waals surface area contributed by atoms with Gasteiger partial charge in [0.15, 0.2) is 0 Å². The van der Waals surface area contributed by atoms with Gasteiger partial charge in [0.1, 0.15) is 11.5 Å². The highest BCUT2D eigenvalue weighted by Gasteiger charge is 2.22. The smallest absolute Gasteiger partial charge is 0.135 e. The van der Waals surface area contributed by atoms with E-state index < -0.39 is 0 Å². The Morgan fingerprint density at radius 2 is 0.913 bits per heavy atom. The molecule has 0 unspecified atom stereocenters. The summed E-state index contributed by atoms with van der Waals surface area (Å²) in [5.74, 6) is 1.81. The number of rotatable bonds is 5. The standard InChI is InChI=1S/C44H29NO/c1-2-16-33(17-3-1)45(34-18-8-14-31(28-34)37-22-10-13-30-12-4-5-20-36(30)37)35-19-9-15-32(29-35)38-26-27-43-44-40(38)23-11-24-41(44)39-21-6-7-25-42(39)46-43/h1-29H. The summed E-state index contributed by atoms with van der Waals surface area (Å²) in [4.78, 5) is 2.35. The molecule has 0 radical (unpaired) electrons. The molecule has 1 heterocycles. The normalized spacial score (nSPS) is 11.7. The Kier molecular flexibility index (Phi) is 6.17. The first-order valence-corrected chi connectivity index (χ1v) is 15.7. The van der Waals surface area contributed by atoms with Crippen molar-refractivity contribution >= 4 is 38.6 Å². The third-order valence-electron chi connectivity index (χ3n) is 9.03. The first kappa shape index (κ1) is 26.3. The molecule has 2 heteroatoms.